The third-order valence-electron chi connectivity index (χ3n) is 3.32. The van der Waals surface area contributed by atoms with Gasteiger partial charge in [0.15, 0.2) is 0 Å². The van der Waals surface area contributed by atoms with E-state index in [-0.39, 0.29) is 6.04 Å². The van der Waals surface area contributed by atoms with Crippen molar-refractivity contribution in [2.24, 2.45) is 0 Å². The lowest BCUT2D eigenvalue weighted by Gasteiger charge is -2.24. The highest BCUT2D eigenvalue weighted by Gasteiger charge is 2.23. The summed E-state index contributed by atoms with van der Waals surface area (Å²) < 4.78 is 29.3. The predicted molar refractivity (Wildman–Crippen MR) is 86.1 cm³/mol. The molecule has 0 spiro atoms. The Labute approximate surface area is 129 Å². The Balaban J connectivity index is 2.75. The molecule has 0 fully saturated rings. The second kappa shape index (κ2) is 9.12. The van der Waals surface area contributed by atoms with E-state index in [2.05, 4.69) is 23.6 Å². The van der Waals surface area contributed by atoms with E-state index < -0.39 is 10.2 Å². The zero-order chi connectivity index (χ0) is 15.7. The van der Waals surface area contributed by atoms with Crippen molar-refractivity contribution in [1.82, 2.24) is 14.0 Å². The molecule has 1 atom stereocenters. The molecule has 0 saturated carbocycles. The van der Waals surface area contributed by atoms with Crippen LogP contribution in [0.5, 0.6) is 0 Å². The fourth-order valence-corrected chi connectivity index (χ4v) is 3.47. The van der Waals surface area contributed by atoms with Gasteiger partial charge in [-0.05, 0) is 31.9 Å². The van der Waals surface area contributed by atoms with Crippen LogP contribution in [0.1, 0.15) is 58.2 Å². The Morgan fingerprint density at radius 3 is 2.29 bits per heavy atom. The first-order chi connectivity index (χ1) is 10.0. The summed E-state index contributed by atoms with van der Waals surface area (Å²) in [4.78, 5) is 4.20. The predicted octanol–water partition coefficient (Wildman–Crippen LogP) is 2.88. The van der Waals surface area contributed by atoms with E-state index >= 15 is 0 Å². The van der Waals surface area contributed by atoms with Crippen LogP contribution in [0.2, 0.25) is 0 Å². The Hall–Kier alpha value is -0.980. The molecule has 120 valence electrons. The SMILES string of the molecule is CCCCN(CCCC)S(=O)(=O)N[C@H](C)c1ccccn1. The summed E-state index contributed by atoms with van der Waals surface area (Å²) in [5.74, 6) is 0. The maximum atomic E-state index is 12.5. The van der Waals surface area contributed by atoms with Crippen LogP contribution in [0.15, 0.2) is 24.4 Å². The van der Waals surface area contributed by atoms with Crippen molar-refractivity contribution < 1.29 is 8.42 Å². The van der Waals surface area contributed by atoms with Crippen molar-refractivity contribution >= 4 is 10.2 Å². The number of nitrogens with one attached hydrogen (secondary N) is 1. The first-order valence-corrected chi connectivity index (χ1v) is 9.13. The summed E-state index contributed by atoms with van der Waals surface area (Å²) in [6, 6.07) is 5.18. The molecule has 1 aromatic rings. The van der Waals surface area contributed by atoms with Crippen LogP contribution >= 0.6 is 0 Å². The molecular formula is C15H27N3O2S. The second-order valence-corrected chi connectivity index (χ2v) is 6.91. The molecule has 1 aromatic heterocycles. The maximum Gasteiger partial charge on any atom is 0.280 e. The fraction of sp³-hybridized carbons (Fsp3) is 0.667. The number of unbranched alkanes of at least 4 members (excludes halogenated alkanes) is 2. The molecule has 5 nitrogen and oxygen atoms in total. The lowest BCUT2D eigenvalue weighted by atomic mass is 10.2. The van der Waals surface area contributed by atoms with Gasteiger partial charge in [-0.1, -0.05) is 32.8 Å². The summed E-state index contributed by atoms with van der Waals surface area (Å²) >= 11 is 0. The normalized spacial score (nSPS) is 13.5. The van der Waals surface area contributed by atoms with Crippen molar-refractivity contribution in [2.45, 2.75) is 52.5 Å². The molecule has 1 N–H and O–H groups in total. The number of aromatic nitrogens is 1. The summed E-state index contributed by atoms with van der Waals surface area (Å²) in [6.07, 6.45) is 5.39. The lowest BCUT2D eigenvalue weighted by molar-refractivity contribution is 0.384. The van der Waals surface area contributed by atoms with E-state index in [9.17, 15) is 8.42 Å². The number of rotatable bonds is 10. The molecule has 0 bridgehead atoms. The zero-order valence-corrected chi connectivity index (χ0v) is 14.1. The minimum Gasteiger partial charge on any atom is -0.260 e. The molecule has 0 aliphatic heterocycles. The molecule has 0 aliphatic rings. The first-order valence-electron chi connectivity index (χ1n) is 7.69. The maximum absolute atomic E-state index is 12.5. The van der Waals surface area contributed by atoms with Gasteiger partial charge in [-0.15, -0.1) is 0 Å². The monoisotopic (exact) mass is 313 g/mol. The molecule has 6 heteroatoms. The highest BCUT2D eigenvalue weighted by Crippen LogP contribution is 2.12. The first kappa shape index (κ1) is 18.1. The fourth-order valence-electron chi connectivity index (χ4n) is 2.01. The average molecular weight is 313 g/mol. The van der Waals surface area contributed by atoms with Gasteiger partial charge in [0.1, 0.15) is 0 Å². The minimum absolute atomic E-state index is 0.332. The Morgan fingerprint density at radius 2 is 1.81 bits per heavy atom. The molecule has 1 rings (SSSR count). The number of pyridine rings is 1. The van der Waals surface area contributed by atoms with Crippen LogP contribution in [-0.2, 0) is 10.2 Å². The van der Waals surface area contributed by atoms with Gasteiger partial charge < -0.3 is 0 Å². The minimum atomic E-state index is -3.47. The van der Waals surface area contributed by atoms with Crippen molar-refractivity contribution in [3.8, 4) is 0 Å². The van der Waals surface area contributed by atoms with E-state index in [1.54, 1.807) is 10.5 Å². The smallest absolute Gasteiger partial charge is 0.260 e. The Kier molecular flexibility index (Phi) is 7.85. The summed E-state index contributed by atoms with van der Waals surface area (Å²) in [5, 5.41) is 0. The van der Waals surface area contributed by atoms with Gasteiger partial charge in [-0.25, -0.2) is 0 Å². The number of hydrogen-bond acceptors (Lipinski definition) is 3. The second-order valence-electron chi connectivity index (χ2n) is 5.21. The van der Waals surface area contributed by atoms with Crippen molar-refractivity contribution in [3.05, 3.63) is 30.1 Å². The van der Waals surface area contributed by atoms with Gasteiger partial charge in [0.2, 0.25) is 0 Å². The third-order valence-corrected chi connectivity index (χ3v) is 5.02. The highest BCUT2D eigenvalue weighted by molar-refractivity contribution is 7.87. The molecule has 0 saturated heterocycles. The quantitative estimate of drug-likeness (QED) is 0.722. The van der Waals surface area contributed by atoms with Gasteiger partial charge in [-0.2, -0.15) is 17.4 Å². The van der Waals surface area contributed by atoms with Gasteiger partial charge in [0.25, 0.3) is 10.2 Å². The molecule has 0 unspecified atom stereocenters. The van der Waals surface area contributed by atoms with Gasteiger partial charge in [0.05, 0.1) is 11.7 Å². The summed E-state index contributed by atoms with van der Waals surface area (Å²) in [5.41, 5.74) is 0.729. The molecular weight excluding hydrogens is 286 g/mol. The van der Waals surface area contributed by atoms with Crippen molar-refractivity contribution in [3.63, 3.8) is 0 Å². The summed E-state index contributed by atoms with van der Waals surface area (Å²) in [7, 11) is -3.47. The third kappa shape index (κ3) is 6.11. The van der Waals surface area contributed by atoms with Gasteiger partial charge in [0, 0.05) is 19.3 Å². The summed E-state index contributed by atoms with van der Waals surface area (Å²) in [6.45, 7) is 7.09. The van der Waals surface area contributed by atoms with Crippen LogP contribution in [0.4, 0.5) is 0 Å². The Bertz CT molecular complexity index is 483. The molecule has 0 radical (unpaired) electrons. The molecule has 0 amide bonds. The van der Waals surface area contributed by atoms with Crippen molar-refractivity contribution in [2.75, 3.05) is 13.1 Å². The van der Waals surface area contributed by atoms with Crippen LogP contribution in [0.25, 0.3) is 0 Å². The van der Waals surface area contributed by atoms with E-state index in [1.807, 2.05) is 25.1 Å². The number of hydrogen-bond donors (Lipinski definition) is 1. The van der Waals surface area contributed by atoms with E-state index in [0.29, 0.717) is 13.1 Å². The number of nitrogens with zero attached hydrogens (tertiary/aromatic N) is 2. The van der Waals surface area contributed by atoms with Gasteiger partial charge in [-0.3, -0.25) is 4.98 Å². The van der Waals surface area contributed by atoms with Crippen LogP contribution < -0.4 is 4.72 Å². The van der Waals surface area contributed by atoms with Crippen LogP contribution in [0, 0.1) is 0 Å². The Morgan fingerprint density at radius 1 is 1.19 bits per heavy atom. The van der Waals surface area contributed by atoms with Crippen LogP contribution in [-0.4, -0.2) is 30.8 Å². The standard InChI is InChI=1S/C15H27N3O2S/c1-4-6-12-18(13-7-5-2)21(19,20)17-14(3)15-10-8-9-11-16-15/h8-11,14,17H,4-7,12-13H2,1-3H3/t14-/m1/s1. The van der Waals surface area contributed by atoms with Gasteiger partial charge >= 0.3 is 0 Å². The molecule has 0 aromatic carbocycles. The average Bonchev–Trinajstić information content (AvgIpc) is 2.47. The molecule has 0 aliphatic carbocycles. The van der Waals surface area contributed by atoms with E-state index in [1.165, 1.54) is 0 Å². The zero-order valence-electron chi connectivity index (χ0n) is 13.2. The topological polar surface area (TPSA) is 62.3 Å². The van der Waals surface area contributed by atoms with E-state index in [4.69, 9.17) is 0 Å². The van der Waals surface area contributed by atoms with E-state index in [0.717, 1.165) is 31.4 Å². The largest absolute Gasteiger partial charge is 0.280 e. The lowest BCUT2D eigenvalue weighted by Crippen LogP contribution is -2.42. The molecule has 21 heavy (non-hydrogen) atoms. The van der Waals surface area contributed by atoms with Crippen molar-refractivity contribution in [1.29, 1.82) is 0 Å². The molecule has 1 heterocycles. The highest BCUT2D eigenvalue weighted by atomic mass is 32.2. The van der Waals surface area contributed by atoms with Crippen LogP contribution in [0.3, 0.4) is 0 Å².